The molecule has 0 heterocycles. The lowest BCUT2D eigenvalue weighted by molar-refractivity contribution is 0.579. The summed E-state index contributed by atoms with van der Waals surface area (Å²) in [6, 6.07) is 18.1. The van der Waals surface area contributed by atoms with Crippen molar-refractivity contribution in [3.05, 3.63) is 81.9 Å². The molecule has 0 spiro atoms. The van der Waals surface area contributed by atoms with Gasteiger partial charge in [-0.3, -0.25) is 0 Å². The average molecular weight is 284 g/mol. The maximum atomic E-state index is 2.35. The zero-order chi connectivity index (χ0) is 14.8. The van der Waals surface area contributed by atoms with Gasteiger partial charge in [-0.2, -0.15) is 0 Å². The first-order valence-electron chi connectivity index (χ1n) is 8.33. The molecular weight excluding hydrogens is 264 g/mol. The molecule has 3 aliphatic carbocycles. The molecule has 3 aliphatic rings. The third-order valence-electron chi connectivity index (χ3n) is 6.14. The number of allylic oxidation sites excluding steroid dienone is 4. The van der Waals surface area contributed by atoms with Crippen LogP contribution in [0.3, 0.4) is 0 Å². The summed E-state index contributed by atoms with van der Waals surface area (Å²) in [6.07, 6.45) is 2.43. The van der Waals surface area contributed by atoms with Gasteiger partial charge in [0.25, 0.3) is 0 Å². The topological polar surface area (TPSA) is 0 Å². The summed E-state index contributed by atoms with van der Waals surface area (Å²) >= 11 is 0. The quantitative estimate of drug-likeness (QED) is 0.563. The van der Waals surface area contributed by atoms with Crippen LogP contribution < -0.4 is 0 Å². The van der Waals surface area contributed by atoms with E-state index in [0.29, 0.717) is 11.8 Å². The van der Waals surface area contributed by atoms with Gasteiger partial charge < -0.3 is 0 Å². The van der Waals surface area contributed by atoms with Crippen LogP contribution >= 0.6 is 0 Å². The minimum Gasteiger partial charge on any atom is -0.0619 e. The van der Waals surface area contributed by atoms with E-state index in [1.54, 1.807) is 22.3 Å². The van der Waals surface area contributed by atoms with Crippen molar-refractivity contribution in [1.82, 2.24) is 0 Å². The van der Waals surface area contributed by atoms with Gasteiger partial charge in [-0.15, -0.1) is 0 Å². The Labute approximate surface area is 132 Å². The van der Waals surface area contributed by atoms with E-state index in [0.717, 1.165) is 0 Å². The third-order valence-corrected chi connectivity index (χ3v) is 6.14. The molecule has 0 N–H and O–H groups in total. The lowest BCUT2D eigenvalue weighted by Crippen LogP contribution is -2.14. The van der Waals surface area contributed by atoms with E-state index in [1.807, 2.05) is 0 Å². The van der Waals surface area contributed by atoms with Gasteiger partial charge >= 0.3 is 0 Å². The van der Waals surface area contributed by atoms with Crippen LogP contribution in [0, 0.1) is 0 Å². The zero-order valence-electron chi connectivity index (χ0n) is 13.2. The van der Waals surface area contributed by atoms with Crippen molar-refractivity contribution in [2.45, 2.75) is 38.5 Å². The smallest absolute Gasteiger partial charge is 0.00722 e. The van der Waals surface area contributed by atoms with Gasteiger partial charge in [-0.25, -0.2) is 0 Å². The first-order valence-corrected chi connectivity index (χ1v) is 8.33. The summed E-state index contributed by atoms with van der Waals surface area (Å²) < 4.78 is 0. The summed E-state index contributed by atoms with van der Waals surface area (Å²) in [5.41, 5.74) is 12.6. The highest BCUT2D eigenvalue weighted by molar-refractivity contribution is 5.83. The van der Waals surface area contributed by atoms with Crippen molar-refractivity contribution < 1.29 is 0 Å². The second kappa shape index (κ2) is 4.23. The highest BCUT2D eigenvalue weighted by atomic mass is 14.4. The van der Waals surface area contributed by atoms with Crippen molar-refractivity contribution in [2.75, 3.05) is 0 Å². The normalized spacial score (nSPS) is 25.0. The first kappa shape index (κ1) is 12.5. The number of hydrogen-bond acceptors (Lipinski definition) is 0. The van der Waals surface area contributed by atoms with Gasteiger partial charge in [-0.05, 0) is 60.1 Å². The van der Waals surface area contributed by atoms with Gasteiger partial charge in [0.15, 0.2) is 0 Å². The van der Waals surface area contributed by atoms with Crippen LogP contribution in [0.4, 0.5) is 0 Å². The van der Waals surface area contributed by atoms with Crippen LogP contribution in [0.25, 0.3) is 11.1 Å². The van der Waals surface area contributed by atoms with Gasteiger partial charge in [0.2, 0.25) is 0 Å². The Kier molecular flexibility index (Phi) is 2.39. The number of fused-ring (bicyclic) bond motifs is 6. The molecule has 1 fully saturated rings. The second-order valence-electron chi connectivity index (χ2n) is 6.99. The molecule has 0 aromatic heterocycles. The van der Waals surface area contributed by atoms with E-state index in [9.17, 15) is 0 Å². The van der Waals surface area contributed by atoms with Crippen molar-refractivity contribution in [3.63, 3.8) is 0 Å². The maximum Gasteiger partial charge on any atom is 0.00722 e. The zero-order valence-corrected chi connectivity index (χ0v) is 13.2. The Balaban J connectivity index is 1.68. The largest absolute Gasteiger partial charge is 0.0619 e. The van der Waals surface area contributed by atoms with Crippen LogP contribution in [0.1, 0.15) is 60.8 Å². The lowest BCUT2D eigenvalue weighted by Gasteiger charge is -2.30. The number of benzene rings is 2. The predicted molar refractivity (Wildman–Crippen MR) is 92.8 cm³/mol. The predicted octanol–water partition coefficient (Wildman–Crippen LogP) is 5.92. The summed E-state index contributed by atoms with van der Waals surface area (Å²) in [7, 11) is 0. The van der Waals surface area contributed by atoms with Crippen molar-refractivity contribution in [2.24, 2.45) is 0 Å². The summed E-state index contributed by atoms with van der Waals surface area (Å²) in [5.74, 6) is 1.29. The van der Waals surface area contributed by atoms with Crippen LogP contribution in [0.2, 0.25) is 0 Å². The molecule has 1 saturated carbocycles. The highest BCUT2D eigenvalue weighted by Gasteiger charge is 2.40. The van der Waals surface area contributed by atoms with E-state index in [2.05, 4.69) is 62.4 Å². The molecule has 0 saturated heterocycles. The molecule has 108 valence electrons. The van der Waals surface area contributed by atoms with Gasteiger partial charge in [0.05, 0.1) is 0 Å². The molecule has 0 amide bonds. The summed E-state index contributed by atoms with van der Waals surface area (Å²) in [4.78, 5) is 0. The minimum atomic E-state index is 0.643. The molecule has 0 heteroatoms. The molecule has 2 unspecified atom stereocenters. The molecule has 0 nitrogen and oxygen atoms in total. The molecule has 5 rings (SSSR count). The minimum absolute atomic E-state index is 0.643. The Morgan fingerprint density at radius 3 is 1.64 bits per heavy atom. The molecule has 2 aromatic rings. The van der Waals surface area contributed by atoms with E-state index < -0.39 is 0 Å². The molecule has 0 radical (unpaired) electrons. The summed E-state index contributed by atoms with van der Waals surface area (Å²) in [6.45, 7) is 4.65. The van der Waals surface area contributed by atoms with Gasteiger partial charge in [0, 0.05) is 11.8 Å². The molecular formula is C22H20. The molecule has 0 aliphatic heterocycles. The van der Waals surface area contributed by atoms with E-state index in [-0.39, 0.29) is 0 Å². The van der Waals surface area contributed by atoms with E-state index in [1.165, 1.54) is 35.1 Å². The fourth-order valence-corrected chi connectivity index (χ4v) is 5.02. The molecule has 2 aromatic carbocycles. The van der Waals surface area contributed by atoms with Crippen LogP contribution in [-0.4, -0.2) is 0 Å². The van der Waals surface area contributed by atoms with Crippen LogP contribution in [0.15, 0.2) is 59.7 Å². The number of hydrogen-bond donors (Lipinski definition) is 0. The monoisotopic (exact) mass is 284 g/mol. The standard InChI is InChI=1S/C22H20/c1-13-15-7-3-5-9-17(15)21-12-22-18-10-6-4-8-16(18)14(2)20(22)11-19(13)21/h3-10,21-22H,11-12H2,1-2H3. The third kappa shape index (κ3) is 1.43. The van der Waals surface area contributed by atoms with E-state index >= 15 is 0 Å². The Morgan fingerprint density at radius 2 is 1.14 bits per heavy atom. The number of rotatable bonds is 0. The fourth-order valence-electron chi connectivity index (χ4n) is 5.02. The Bertz CT molecular complexity index is 792. The Morgan fingerprint density at radius 1 is 0.682 bits per heavy atom. The van der Waals surface area contributed by atoms with Gasteiger partial charge in [-0.1, -0.05) is 59.7 Å². The average Bonchev–Trinajstić information content (AvgIpc) is 3.01. The second-order valence-corrected chi connectivity index (χ2v) is 6.99. The fraction of sp³-hybridized carbons (Fsp3) is 0.273. The van der Waals surface area contributed by atoms with Crippen LogP contribution in [-0.2, 0) is 0 Å². The van der Waals surface area contributed by atoms with Crippen molar-refractivity contribution in [3.8, 4) is 0 Å². The van der Waals surface area contributed by atoms with E-state index in [4.69, 9.17) is 0 Å². The molecule has 0 bridgehead atoms. The van der Waals surface area contributed by atoms with Crippen molar-refractivity contribution in [1.29, 1.82) is 0 Å². The summed E-state index contributed by atoms with van der Waals surface area (Å²) in [5, 5.41) is 0. The highest BCUT2D eigenvalue weighted by Crippen LogP contribution is 2.58. The molecule has 22 heavy (non-hydrogen) atoms. The maximum absolute atomic E-state index is 2.35. The van der Waals surface area contributed by atoms with Crippen molar-refractivity contribution >= 4 is 11.1 Å². The SMILES string of the molecule is CC1=C2CC3=C(C)c4ccccc4C3CC2c2ccccc21. The molecule has 2 atom stereocenters. The lowest BCUT2D eigenvalue weighted by atomic mass is 9.73. The van der Waals surface area contributed by atoms with Crippen LogP contribution in [0.5, 0.6) is 0 Å². The first-order chi connectivity index (χ1) is 10.8. The Hall–Kier alpha value is -2.08. The van der Waals surface area contributed by atoms with Gasteiger partial charge in [0.1, 0.15) is 0 Å².